The van der Waals surface area contributed by atoms with Crippen LogP contribution < -0.4 is 5.32 Å². The first-order chi connectivity index (χ1) is 6.61. The molecule has 0 aliphatic carbocycles. The van der Waals surface area contributed by atoms with Gasteiger partial charge in [0, 0.05) is 6.42 Å². The molecule has 0 radical (unpaired) electrons. The molecule has 0 aromatic heterocycles. The van der Waals surface area contributed by atoms with Gasteiger partial charge in [-0.15, -0.1) is 0 Å². The van der Waals surface area contributed by atoms with Gasteiger partial charge in [0.05, 0.1) is 0 Å². The third-order valence-corrected chi connectivity index (χ3v) is 3.26. The van der Waals surface area contributed by atoms with Gasteiger partial charge in [-0.05, 0) is 43.7 Å². The fourth-order valence-electron chi connectivity index (χ4n) is 2.42. The van der Waals surface area contributed by atoms with E-state index in [9.17, 15) is 4.79 Å². The van der Waals surface area contributed by atoms with E-state index in [0.717, 1.165) is 25.9 Å². The van der Waals surface area contributed by atoms with Crippen molar-refractivity contribution >= 4 is 5.97 Å². The highest BCUT2D eigenvalue weighted by atomic mass is 16.4. The van der Waals surface area contributed by atoms with Crippen LogP contribution in [0.5, 0.6) is 0 Å². The van der Waals surface area contributed by atoms with Gasteiger partial charge in [0.25, 0.3) is 0 Å². The van der Waals surface area contributed by atoms with Crippen molar-refractivity contribution in [2.45, 2.75) is 33.1 Å². The number of rotatable bonds is 4. The second-order valence-electron chi connectivity index (χ2n) is 4.59. The molecule has 0 aromatic rings. The van der Waals surface area contributed by atoms with Crippen molar-refractivity contribution in [2.24, 2.45) is 17.8 Å². The molecular weight excluding hydrogens is 178 g/mol. The van der Waals surface area contributed by atoms with Crippen LogP contribution >= 0.6 is 0 Å². The number of hydrogen-bond acceptors (Lipinski definition) is 2. The van der Waals surface area contributed by atoms with Gasteiger partial charge < -0.3 is 10.4 Å². The minimum absolute atomic E-state index is 0.336. The summed E-state index contributed by atoms with van der Waals surface area (Å²) in [6.45, 7) is 6.37. The molecule has 14 heavy (non-hydrogen) atoms. The molecule has 0 amide bonds. The van der Waals surface area contributed by atoms with Crippen molar-refractivity contribution in [3.63, 3.8) is 0 Å². The lowest BCUT2D eigenvalue weighted by Gasteiger charge is -2.32. The molecule has 1 aliphatic rings. The van der Waals surface area contributed by atoms with Gasteiger partial charge in [0.15, 0.2) is 0 Å². The third-order valence-electron chi connectivity index (χ3n) is 3.26. The maximum Gasteiger partial charge on any atom is 0.303 e. The number of carbonyl (C=O) groups is 1. The first kappa shape index (κ1) is 11.5. The molecule has 2 N–H and O–H groups in total. The Labute approximate surface area is 85.9 Å². The highest BCUT2D eigenvalue weighted by molar-refractivity contribution is 5.67. The van der Waals surface area contributed by atoms with Crippen LogP contribution in [-0.2, 0) is 4.79 Å². The summed E-state index contributed by atoms with van der Waals surface area (Å²) in [6, 6.07) is 0. The minimum Gasteiger partial charge on any atom is -0.481 e. The van der Waals surface area contributed by atoms with Crippen LogP contribution in [0.3, 0.4) is 0 Å². The highest BCUT2D eigenvalue weighted by Crippen LogP contribution is 2.30. The Morgan fingerprint density at radius 1 is 1.43 bits per heavy atom. The molecule has 0 spiro atoms. The van der Waals surface area contributed by atoms with Crippen molar-refractivity contribution in [3.05, 3.63) is 0 Å². The summed E-state index contributed by atoms with van der Waals surface area (Å²) in [5.41, 5.74) is 0. The number of carboxylic acid groups (broad SMARTS) is 1. The molecule has 1 aliphatic heterocycles. The molecule has 3 nitrogen and oxygen atoms in total. The summed E-state index contributed by atoms with van der Waals surface area (Å²) in [4.78, 5) is 10.7. The van der Waals surface area contributed by atoms with Crippen molar-refractivity contribution in [3.8, 4) is 0 Å². The number of aliphatic carboxylic acids is 1. The van der Waals surface area contributed by atoms with Gasteiger partial charge in [-0.1, -0.05) is 13.8 Å². The summed E-state index contributed by atoms with van der Waals surface area (Å²) in [5, 5.41) is 12.2. The number of nitrogens with one attached hydrogen (secondary N) is 1. The van der Waals surface area contributed by atoms with E-state index in [1.807, 2.05) is 0 Å². The van der Waals surface area contributed by atoms with Crippen molar-refractivity contribution < 1.29 is 9.90 Å². The van der Waals surface area contributed by atoms with E-state index < -0.39 is 5.97 Å². The van der Waals surface area contributed by atoms with Crippen LogP contribution in [0.15, 0.2) is 0 Å². The van der Waals surface area contributed by atoms with Crippen LogP contribution in [0.25, 0.3) is 0 Å². The molecule has 0 saturated carbocycles. The SMILES string of the molecule is CC(C)C(CC(=O)O)C1CCNCC1. The number of carboxylic acids is 1. The van der Waals surface area contributed by atoms with Crippen LogP contribution in [0.2, 0.25) is 0 Å². The largest absolute Gasteiger partial charge is 0.481 e. The second-order valence-corrected chi connectivity index (χ2v) is 4.59. The minimum atomic E-state index is -0.651. The Morgan fingerprint density at radius 2 is 2.00 bits per heavy atom. The Hall–Kier alpha value is -0.570. The standard InChI is InChI=1S/C11H21NO2/c1-8(2)10(7-11(13)14)9-3-5-12-6-4-9/h8-10,12H,3-7H2,1-2H3,(H,13,14). The van der Waals surface area contributed by atoms with Crippen molar-refractivity contribution in [2.75, 3.05) is 13.1 Å². The van der Waals surface area contributed by atoms with E-state index in [1.165, 1.54) is 0 Å². The van der Waals surface area contributed by atoms with Gasteiger partial charge in [-0.2, -0.15) is 0 Å². The summed E-state index contributed by atoms with van der Waals surface area (Å²) in [6.07, 6.45) is 2.61. The maximum absolute atomic E-state index is 10.7. The number of piperidine rings is 1. The second kappa shape index (κ2) is 5.35. The molecule has 3 heteroatoms. The topological polar surface area (TPSA) is 49.3 Å². The van der Waals surface area contributed by atoms with Crippen molar-refractivity contribution in [1.82, 2.24) is 5.32 Å². The van der Waals surface area contributed by atoms with E-state index in [0.29, 0.717) is 24.2 Å². The van der Waals surface area contributed by atoms with E-state index >= 15 is 0 Å². The Bertz CT molecular complexity index is 186. The Balaban J connectivity index is 2.51. The van der Waals surface area contributed by atoms with Gasteiger partial charge in [-0.25, -0.2) is 0 Å². The molecule has 1 fully saturated rings. The van der Waals surface area contributed by atoms with Gasteiger partial charge in [-0.3, -0.25) is 4.79 Å². The fourth-order valence-corrected chi connectivity index (χ4v) is 2.42. The summed E-state index contributed by atoms with van der Waals surface area (Å²) in [5.74, 6) is 0.790. The smallest absolute Gasteiger partial charge is 0.303 e. The molecule has 1 rings (SSSR count). The molecule has 1 unspecified atom stereocenters. The first-order valence-corrected chi connectivity index (χ1v) is 5.53. The first-order valence-electron chi connectivity index (χ1n) is 5.53. The average molecular weight is 199 g/mol. The monoisotopic (exact) mass is 199 g/mol. The fraction of sp³-hybridized carbons (Fsp3) is 0.909. The summed E-state index contributed by atoms with van der Waals surface area (Å²) in [7, 11) is 0. The summed E-state index contributed by atoms with van der Waals surface area (Å²) < 4.78 is 0. The molecule has 0 aromatic carbocycles. The zero-order valence-corrected chi connectivity index (χ0v) is 9.12. The zero-order valence-electron chi connectivity index (χ0n) is 9.12. The maximum atomic E-state index is 10.7. The third kappa shape index (κ3) is 3.29. The molecule has 82 valence electrons. The van der Waals surface area contributed by atoms with E-state index in [4.69, 9.17) is 5.11 Å². The van der Waals surface area contributed by atoms with Gasteiger partial charge in [0.1, 0.15) is 0 Å². The molecular formula is C11H21NO2. The van der Waals surface area contributed by atoms with Gasteiger partial charge >= 0.3 is 5.97 Å². The lowest BCUT2D eigenvalue weighted by Crippen LogP contribution is -2.34. The molecule has 1 atom stereocenters. The molecule has 0 bridgehead atoms. The average Bonchev–Trinajstić information content (AvgIpc) is 2.15. The number of hydrogen-bond donors (Lipinski definition) is 2. The van der Waals surface area contributed by atoms with Crippen LogP contribution in [-0.4, -0.2) is 24.2 Å². The Morgan fingerprint density at radius 3 is 2.43 bits per heavy atom. The van der Waals surface area contributed by atoms with E-state index in [-0.39, 0.29) is 0 Å². The summed E-state index contributed by atoms with van der Waals surface area (Å²) >= 11 is 0. The quantitative estimate of drug-likeness (QED) is 0.725. The lowest BCUT2D eigenvalue weighted by molar-refractivity contribution is -0.139. The van der Waals surface area contributed by atoms with Crippen molar-refractivity contribution in [1.29, 1.82) is 0 Å². The lowest BCUT2D eigenvalue weighted by atomic mass is 9.76. The van der Waals surface area contributed by atoms with Crippen LogP contribution in [0, 0.1) is 17.8 Å². The van der Waals surface area contributed by atoms with Crippen LogP contribution in [0.1, 0.15) is 33.1 Å². The predicted molar refractivity (Wildman–Crippen MR) is 56.2 cm³/mol. The van der Waals surface area contributed by atoms with Gasteiger partial charge in [0.2, 0.25) is 0 Å². The van der Waals surface area contributed by atoms with E-state index in [1.54, 1.807) is 0 Å². The molecule has 1 saturated heterocycles. The highest BCUT2D eigenvalue weighted by Gasteiger charge is 2.27. The Kier molecular flexibility index (Phi) is 4.39. The normalized spacial score (nSPS) is 21.1. The van der Waals surface area contributed by atoms with Crippen LogP contribution in [0.4, 0.5) is 0 Å². The van der Waals surface area contributed by atoms with E-state index in [2.05, 4.69) is 19.2 Å². The molecule has 1 heterocycles. The zero-order chi connectivity index (χ0) is 10.6. The predicted octanol–water partition coefficient (Wildman–Crippen LogP) is 1.73.